The summed E-state index contributed by atoms with van der Waals surface area (Å²) in [5, 5.41) is 0.913. The van der Waals surface area contributed by atoms with E-state index in [9.17, 15) is 9.18 Å². The topological polar surface area (TPSA) is 33.5 Å². The van der Waals surface area contributed by atoms with Gasteiger partial charge in [-0.1, -0.05) is 30.3 Å². The van der Waals surface area contributed by atoms with Crippen molar-refractivity contribution in [3.8, 4) is 0 Å². The lowest BCUT2D eigenvalue weighted by atomic mass is 10.1. The van der Waals surface area contributed by atoms with E-state index in [-0.39, 0.29) is 11.4 Å². The molecule has 0 N–H and O–H groups in total. The first kappa shape index (κ1) is 15.4. The van der Waals surface area contributed by atoms with E-state index in [1.54, 1.807) is 12.1 Å². The third-order valence-electron chi connectivity index (χ3n) is 3.82. The third kappa shape index (κ3) is 3.48. The van der Waals surface area contributed by atoms with Gasteiger partial charge in [0.25, 0.3) is 0 Å². The highest BCUT2D eigenvalue weighted by Crippen LogP contribution is 2.20. The largest absolute Gasteiger partial charge is 0.423 e. The molecule has 0 aliphatic carbocycles. The van der Waals surface area contributed by atoms with Gasteiger partial charge in [-0.25, -0.2) is 9.18 Å². The predicted octanol–water partition coefficient (Wildman–Crippen LogP) is 3.87. The number of nitrogens with zero attached hydrogens (tertiary/aromatic N) is 1. The lowest BCUT2D eigenvalue weighted by Gasteiger charge is -2.18. The first-order chi connectivity index (χ1) is 11.0. The molecule has 3 rings (SSSR count). The van der Waals surface area contributed by atoms with Crippen LogP contribution in [0.15, 0.2) is 57.7 Å². The lowest BCUT2D eigenvalue weighted by molar-refractivity contribution is 0.314. The molecule has 1 aromatic heterocycles. The van der Waals surface area contributed by atoms with Crippen molar-refractivity contribution in [3.63, 3.8) is 0 Å². The molecule has 118 valence electrons. The molecule has 0 bridgehead atoms. The van der Waals surface area contributed by atoms with Crippen LogP contribution in [0.4, 0.5) is 4.39 Å². The maximum atomic E-state index is 13.8. The number of hydrogen-bond acceptors (Lipinski definition) is 3. The van der Waals surface area contributed by atoms with Crippen LogP contribution in [0, 0.1) is 12.7 Å². The second-order valence-electron chi connectivity index (χ2n) is 5.85. The lowest BCUT2D eigenvalue weighted by Crippen LogP contribution is -2.19. The monoisotopic (exact) mass is 311 g/mol. The van der Waals surface area contributed by atoms with E-state index in [2.05, 4.69) is 0 Å². The number of hydrogen-bond donors (Lipinski definition) is 0. The predicted molar refractivity (Wildman–Crippen MR) is 88.8 cm³/mol. The zero-order valence-electron chi connectivity index (χ0n) is 13.2. The van der Waals surface area contributed by atoms with Gasteiger partial charge < -0.3 is 4.42 Å². The van der Waals surface area contributed by atoms with Crippen LogP contribution in [0.2, 0.25) is 0 Å². The normalized spacial score (nSPS) is 11.3. The molecular weight excluding hydrogens is 293 g/mol. The molecule has 3 aromatic rings. The van der Waals surface area contributed by atoms with Gasteiger partial charge in [-0.05, 0) is 37.2 Å². The van der Waals surface area contributed by atoms with Crippen molar-refractivity contribution in [1.82, 2.24) is 4.90 Å². The number of fused-ring (bicyclic) bond motifs is 1. The quantitative estimate of drug-likeness (QED) is 0.686. The molecule has 23 heavy (non-hydrogen) atoms. The Balaban J connectivity index is 1.89. The van der Waals surface area contributed by atoms with Crippen LogP contribution in [0.5, 0.6) is 0 Å². The van der Waals surface area contributed by atoms with Crippen LogP contribution in [-0.2, 0) is 13.1 Å². The van der Waals surface area contributed by atoms with Gasteiger partial charge in [-0.3, -0.25) is 4.90 Å². The van der Waals surface area contributed by atoms with Gasteiger partial charge in [0.1, 0.15) is 11.4 Å². The first-order valence-electron chi connectivity index (χ1n) is 7.48. The Bertz CT molecular complexity index is 901. The Morgan fingerprint density at radius 2 is 1.78 bits per heavy atom. The molecule has 0 saturated heterocycles. The number of halogens is 1. The highest BCUT2D eigenvalue weighted by Gasteiger charge is 2.10. The van der Waals surface area contributed by atoms with E-state index >= 15 is 0 Å². The van der Waals surface area contributed by atoms with Gasteiger partial charge in [-0.2, -0.15) is 0 Å². The van der Waals surface area contributed by atoms with E-state index < -0.39 is 0 Å². The minimum atomic E-state index is -0.364. The van der Waals surface area contributed by atoms with Crippen molar-refractivity contribution in [2.45, 2.75) is 20.0 Å². The molecule has 2 aromatic carbocycles. The van der Waals surface area contributed by atoms with Gasteiger partial charge >= 0.3 is 5.63 Å². The smallest absolute Gasteiger partial charge is 0.336 e. The molecule has 0 atom stereocenters. The summed E-state index contributed by atoms with van der Waals surface area (Å²) in [5.41, 5.74) is 2.79. The molecule has 3 nitrogen and oxygen atoms in total. The fourth-order valence-electron chi connectivity index (χ4n) is 2.73. The fourth-order valence-corrected chi connectivity index (χ4v) is 2.73. The van der Waals surface area contributed by atoms with Crippen molar-refractivity contribution in [3.05, 3.63) is 81.5 Å². The van der Waals surface area contributed by atoms with Crippen molar-refractivity contribution >= 4 is 11.0 Å². The van der Waals surface area contributed by atoms with Gasteiger partial charge in [-0.15, -0.1) is 0 Å². The third-order valence-corrected chi connectivity index (χ3v) is 3.82. The summed E-state index contributed by atoms with van der Waals surface area (Å²) < 4.78 is 19.0. The van der Waals surface area contributed by atoms with Gasteiger partial charge in [0.2, 0.25) is 0 Å². The van der Waals surface area contributed by atoms with Crippen LogP contribution in [-0.4, -0.2) is 11.9 Å². The van der Waals surface area contributed by atoms with Crippen molar-refractivity contribution in [1.29, 1.82) is 0 Å². The van der Waals surface area contributed by atoms with E-state index in [0.29, 0.717) is 24.2 Å². The second kappa shape index (κ2) is 6.34. The van der Waals surface area contributed by atoms with Crippen LogP contribution in [0.1, 0.15) is 16.7 Å². The number of aryl methyl sites for hydroxylation is 1. The average Bonchev–Trinajstić information content (AvgIpc) is 2.49. The van der Waals surface area contributed by atoms with Crippen LogP contribution in [0.25, 0.3) is 11.0 Å². The van der Waals surface area contributed by atoms with Crippen LogP contribution >= 0.6 is 0 Å². The SMILES string of the molecule is Cc1ccc2c(CN(C)Cc3ccccc3F)cc(=O)oc2c1. The van der Waals surface area contributed by atoms with Crippen LogP contribution < -0.4 is 5.63 Å². The summed E-state index contributed by atoms with van der Waals surface area (Å²) in [7, 11) is 1.90. The highest BCUT2D eigenvalue weighted by molar-refractivity contribution is 5.80. The molecule has 0 fully saturated rings. The molecule has 0 aliphatic heterocycles. The highest BCUT2D eigenvalue weighted by atomic mass is 19.1. The average molecular weight is 311 g/mol. The fraction of sp³-hybridized carbons (Fsp3) is 0.211. The minimum Gasteiger partial charge on any atom is -0.423 e. The molecular formula is C19H18FNO2. The summed E-state index contributed by atoms with van der Waals surface area (Å²) in [6, 6.07) is 14.0. The number of benzene rings is 2. The zero-order chi connectivity index (χ0) is 16.4. The second-order valence-corrected chi connectivity index (χ2v) is 5.85. The number of rotatable bonds is 4. The van der Waals surface area contributed by atoms with Gasteiger partial charge in [0, 0.05) is 30.1 Å². The van der Waals surface area contributed by atoms with Gasteiger partial charge in [0.15, 0.2) is 0 Å². The summed E-state index contributed by atoms with van der Waals surface area (Å²) >= 11 is 0. The minimum absolute atomic E-state index is 0.215. The van der Waals surface area contributed by atoms with Gasteiger partial charge in [0.05, 0.1) is 0 Å². The Kier molecular flexibility index (Phi) is 4.26. The molecule has 0 aliphatic rings. The summed E-state index contributed by atoms with van der Waals surface area (Å²) in [5.74, 6) is -0.215. The molecule has 4 heteroatoms. The molecule has 1 heterocycles. The summed E-state index contributed by atoms with van der Waals surface area (Å²) in [6.07, 6.45) is 0. The Morgan fingerprint density at radius 1 is 1.04 bits per heavy atom. The summed E-state index contributed by atoms with van der Waals surface area (Å²) in [4.78, 5) is 13.7. The van der Waals surface area contributed by atoms with Crippen molar-refractivity contribution < 1.29 is 8.81 Å². The van der Waals surface area contributed by atoms with E-state index in [1.165, 1.54) is 12.1 Å². The molecule has 0 amide bonds. The van der Waals surface area contributed by atoms with Crippen molar-refractivity contribution in [2.75, 3.05) is 7.05 Å². The molecule has 0 radical (unpaired) electrons. The van der Waals surface area contributed by atoms with E-state index in [1.807, 2.05) is 43.1 Å². The molecule has 0 unspecified atom stereocenters. The Hall–Kier alpha value is -2.46. The first-order valence-corrected chi connectivity index (χ1v) is 7.48. The van der Waals surface area contributed by atoms with E-state index in [4.69, 9.17) is 4.42 Å². The molecule has 0 saturated carbocycles. The standard InChI is InChI=1S/C19H18FNO2/c1-13-7-8-16-15(10-19(22)23-18(16)9-13)12-21(2)11-14-5-3-4-6-17(14)20/h3-10H,11-12H2,1-2H3. The van der Waals surface area contributed by atoms with Crippen LogP contribution in [0.3, 0.4) is 0 Å². The maximum Gasteiger partial charge on any atom is 0.336 e. The molecule has 0 spiro atoms. The van der Waals surface area contributed by atoms with E-state index in [0.717, 1.165) is 16.5 Å². The Labute approximate surface area is 134 Å². The maximum absolute atomic E-state index is 13.8. The summed E-state index contributed by atoms with van der Waals surface area (Å²) in [6.45, 7) is 2.97. The van der Waals surface area contributed by atoms with Crippen molar-refractivity contribution in [2.24, 2.45) is 0 Å². The zero-order valence-corrected chi connectivity index (χ0v) is 13.2. The Morgan fingerprint density at radius 3 is 2.57 bits per heavy atom.